The molecule has 0 aliphatic carbocycles. The van der Waals surface area contributed by atoms with E-state index in [1.54, 1.807) is 0 Å². The first-order valence-electron chi connectivity index (χ1n) is 6.18. The first kappa shape index (κ1) is 17.3. The quantitative estimate of drug-likeness (QED) is 0.363. The van der Waals surface area contributed by atoms with Gasteiger partial charge in [-0.3, -0.25) is 4.79 Å². The van der Waals surface area contributed by atoms with E-state index in [1.807, 2.05) is 14.1 Å². The van der Waals surface area contributed by atoms with Crippen molar-refractivity contribution in [2.24, 2.45) is 0 Å². The highest BCUT2D eigenvalue weighted by molar-refractivity contribution is 7.85. The molecular weight excluding hydrogens is 256 g/mol. The van der Waals surface area contributed by atoms with Crippen LogP contribution in [-0.2, 0) is 14.9 Å². The van der Waals surface area contributed by atoms with E-state index in [4.69, 9.17) is 0 Å². The number of hydrogen-bond donors (Lipinski definition) is 1. The van der Waals surface area contributed by atoms with Gasteiger partial charge >= 0.3 is 0 Å². The normalized spacial score (nSPS) is 12.4. The Morgan fingerprint density at radius 1 is 1.28 bits per heavy atom. The highest BCUT2D eigenvalue weighted by atomic mass is 32.2. The third-order valence-electron chi connectivity index (χ3n) is 2.58. The number of likely N-dealkylation sites (N-methyl/N-ethyl adjacent to an activating group) is 1. The maximum absolute atomic E-state index is 11.6. The largest absolute Gasteiger partial charge is 0.748 e. The van der Waals surface area contributed by atoms with Crippen LogP contribution in [-0.4, -0.2) is 62.8 Å². The van der Waals surface area contributed by atoms with Gasteiger partial charge in [-0.05, 0) is 6.42 Å². The number of carbonyl (C=O) groups is 1. The van der Waals surface area contributed by atoms with Crippen LogP contribution in [0, 0.1) is 0 Å². The summed E-state index contributed by atoms with van der Waals surface area (Å²) < 4.78 is 31.8. The lowest BCUT2D eigenvalue weighted by Crippen LogP contribution is -2.48. The van der Waals surface area contributed by atoms with Crippen molar-refractivity contribution >= 4 is 16.0 Å². The highest BCUT2D eigenvalue weighted by Crippen LogP contribution is 2.00. The Morgan fingerprint density at radius 3 is 2.39 bits per heavy atom. The van der Waals surface area contributed by atoms with Gasteiger partial charge in [0.05, 0.1) is 30.8 Å². The number of amides is 1. The van der Waals surface area contributed by atoms with Crippen molar-refractivity contribution in [2.45, 2.75) is 26.2 Å². The van der Waals surface area contributed by atoms with Crippen molar-refractivity contribution in [3.63, 3.8) is 0 Å². The second-order valence-corrected chi connectivity index (χ2v) is 6.66. The molecule has 0 unspecified atom stereocenters. The van der Waals surface area contributed by atoms with E-state index >= 15 is 0 Å². The van der Waals surface area contributed by atoms with E-state index < -0.39 is 10.1 Å². The molecule has 0 aliphatic heterocycles. The molecule has 18 heavy (non-hydrogen) atoms. The zero-order chi connectivity index (χ0) is 14.2. The van der Waals surface area contributed by atoms with E-state index in [0.717, 1.165) is 12.8 Å². The van der Waals surface area contributed by atoms with Crippen molar-refractivity contribution in [1.82, 2.24) is 5.32 Å². The smallest absolute Gasteiger partial charge is 0.275 e. The fraction of sp³-hybridized carbons (Fsp3) is 0.909. The summed E-state index contributed by atoms with van der Waals surface area (Å²) in [5, 5.41) is 2.81. The zero-order valence-corrected chi connectivity index (χ0v) is 12.3. The van der Waals surface area contributed by atoms with Gasteiger partial charge in [0.1, 0.15) is 0 Å². The molecule has 0 aromatic rings. The van der Waals surface area contributed by atoms with Crippen molar-refractivity contribution in [1.29, 1.82) is 0 Å². The van der Waals surface area contributed by atoms with Crippen LogP contribution < -0.4 is 5.32 Å². The summed E-state index contributed by atoms with van der Waals surface area (Å²) in [6, 6.07) is 0. The van der Waals surface area contributed by atoms with Gasteiger partial charge in [0.25, 0.3) is 5.91 Å². The van der Waals surface area contributed by atoms with Crippen molar-refractivity contribution in [3.05, 3.63) is 0 Å². The SMILES string of the molecule is CCCCNC(=O)C[N+](C)(C)CCCS(=O)(=O)[O-]. The Balaban J connectivity index is 3.95. The van der Waals surface area contributed by atoms with Crippen LogP contribution in [0.4, 0.5) is 0 Å². The number of quaternary nitrogens is 1. The molecule has 0 fully saturated rings. The van der Waals surface area contributed by atoms with Crippen LogP contribution in [0.25, 0.3) is 0 Å². The number of rotatable bonds is 9. The van der Waals surface area contributed by atoms with Gasteiger partial charge in [-0.1, -0.05) is 13.3 Å². The van der Waals surface area contributed by atoms with Crippen LogP contribution >= 0.6 is 0 Å². The Morgan fingerprint density at radius 2 is 1.89 bits per heavy atom. The second kappa shape index (κ2) is 7.70. The van der Waals surface area contributed by atoms with Gasteiger partial charge in [0.15, 0.2) is 6.54 Å². The first-order valence-corrected chi connectivity index (χ1v) is 7.76. The van der Waals surface area contributed by atoms with Gasteiger partial charge < -0.3 is 14.4 Å². The van der Waals surface area contributed by atoms with Crippen LogP contribution in [0.15, 0.2) is 0 Å². The average Bonchev–Trinajstić information content (AvgIpc) is 2.14. The van der Waals surface area contributed by atoms with E-state index in [1.165, 1.54) is 0 Å². The molecule has 7 heteroatoms. The van der Waals surface area contributed by atoms with E-state index in [-0.39, 0.29) is 18.1 Å². The molecule has 0 saturated carbocycles. The molecule has 0 bridgehead atoms. The molecule has 1 amide bonds. The van der Waals surface area contributed by atoms with Gasteiger partial charge in [-0.2, -0.15) is 0 Å². The first-order chi connectivity index (χ1) is 8.16. The minimum atomic E-state index is -4.15. The molecule has 0 spiro atoms. The molecular formula is C11H24N2O4S. The summed E-state index contributed by atoms with van der Waals surface area (Å²) in [5.41, 5.74) is 0. The maximum Gasteiger partial charge on any atom is 0.275 e. The fourth-order valence-corrected chi connectivity index (χ4v) is 2.08. The summed E-state index contributed by atoms with van der Waals surface area (Å²) >= 11 is 0. The standard InChI is InChI=1S/C11H24N2O4S/c1-4-5-7-12-11(14)10-13(2,3)8-6-9-18(15,16)17/h4-10H2,1-3H3,(H-,12,14,15,16,17). The summed E-state index contributed by atoms with van der Waals surface area (Å²) in [5.74, 6) is -0.412. The molecule has 1 N–H and O–H groups in total. The number of unbranched alkanes of at least 4 members (excludes halogenated alkanes) is 1. The molecule has 6 nitrogen and oxygen atoms in total. The molecule has 0 heterocycles. The maximum atomic E-state index is 11.6. The minimum Gasteiger partial charge on any atom is -0.748 e. The molecule has 108 valence electrons. The van der Waals surface area contributed by atoms with E-state index in [9.17, 15) is 17.8 Å². The molecule has 0 saturated heterocycles. The lowest BCUT2D eigenvalue weighted by atomic mass is 10.3. The lowest BCUT2D eigenvalue weighted by Gasteiger charge is -2.29. The van der Waals surface area contributed by atoms with E-state index in [0.29, 0.717) is 24.1 Å². The Hall–Kier alpha value is -0.660. The third-order valence-corrected chi connectivity index (χ3v) is 3.37. The monoisotopic (exact) mass is 280 g/mol. The van der Waals surface area contributed by atoms with Gasteiger partial charge in [-0.15, -0.1) is 0 Å². The number of nitrogens with one attached hydrogen (secondary N) is 1. The summed E-state index contributed by atoms with van der Waals surface area (Å²) in [4.78, 5) is 11.6. The van der Waals surface area contributed by atoms with E-state index in [2.05, 4.69) is 12.2 Å². The zero-order valence-electron chi connectivity index (χ0n) is 11.4. The molecule has 0 aliphatic rings. The highest BCUT2D eigenvalue weighted by Gasteiger charge is 2.19. The van der Waals surface area contributed by atoms with Gasteiger partial charge in [0, 0.05) is 18.7 Å². The minimum absolute atomic E-state index is 0.0431. The molecule has 0 aromatic carbocycles. The summed E-state index contributed by atoms with van der Waals surface area (Å²) in [6.45, 7) is 3.51. The Bertz CT molecular complexity index is 352. The Kier molecular flexibility index (Phi) is 7.42. The summed E-state index contributed by atoms with van der Waals surface area (Å²) in [6.07, 6.45) is 2.26. The number of hydrogen-bond acceptors (Lipinski definition) is 4. The predicted octanol–water partition coefficient (Wildman–Crippen LogP) is -0.0856. The predicted molar refractivity (Wildman–Crippen MR) is 68.9 cm³/mol. The van der Waals surface area contributed by atoms with Crippen LogP contribution in [0.2, 0.25) is 0 Å². The molecule has 0 atom stereocenters. The number of nitrogens with zero attached hydrogens (tertiary/aromatic N) is 1. The summed E-state index contributed by atoms with van der Waals surface area (Å²) in [7, 11) is -0.465. The average molecular weight is 280 g/mol. The molecule has 0 radical (unpaired) electrons. The number of carbonyl (C=O) groups excluding carboxylic acids is 1. The molecule has 0 rings (SSSR count). The van der Waals surface area contributed by atoms with Crippen molar-refractivity contribution in [2.75, 3.05) is 39.5 Å². The fourth-order valence-electron chi connectivity index (χ4n) is 1.60. The third kappa shape index (κ3) is 10.5. The van der Waals surface area contributed by atoms with Crippen molar-refractivity contribution in [3.8, 4) is 0 Å². The second-order valence-electron chi connectivity index (χ2n) is 5.14. The van der Waals surface area contributed by atoms with Gasteiger partial charge in [0.2, 0.25) is 0 Å². The topological polar surface area (TPSA) is 86.3 Å². The van der Waals surface area contributed by atoms with Crippen LogP contribution in [0.1, 0.15) is 26.2 Å². The van der Waals surface area contributed by atoms with Crippen LogP contribution in [0.5, 0.6) is 0 Å². The lowest BCUT2D eigenvalue weighted by molar-refractivity contribution is -0.882. The Labute approximate surface area is 110 Å². The van der Waals surface area contributed by atoms with Gasteiger partial charge in [-0.25, -0.2) is 8.42 Å². The van der Waals surface area contributed by atoms with Crippen LogP contribution in [0.3, 0.4) is 0 Å². The molecule has 0 aromatic heterocycles. The van der Waals surface area contributed by atoms with Crippen molar-refractivity contribution < 1.29 is 22.2 Å².